The van der Waals surface area contributed by atoms with E-state index in [9.17, 15) is 18.0 Å². The molecule has 0 saturated carbocycles. The number of rotatable bonds is 4. The lowest BCUT2D eigenvalue weighted by molar-refractivity contribution is 0.0938. The minimum atomic E-state index is -1.59. The highest BCUT2D eigenvalue weighted by Crippen LogP contribution is 2.13. The van der Waals surface area contributed by atoms with Crippen LogP contribution in [0.3, 0.4) is 0 Å². The van der Waals surface area contributed by atoms with Crippen molar-refractivity contribution >= 4 is 17.5 Å². The van der Waals surface area contributed by atoms with Crippen LogP contribution in [0.5, 0.6) is 0 Å². The lowest BCUT2D eigenvalue weighted by Crippen LogP contribution is -2.33. The number of benzene rings is 1. The number of hydrogen-bond donors (Lipinski definition) is 1. The summed E-state index contributed by atoms with van der Waals surface area (Å²) in [5, 5.41) is 2.49. The van der Waals surface area contributed by atoms with E-state index >= 15 is 0 Å². The zero-order valence-electron chi connectivity index (χ0n) is 9.07. The summed E-state index contributed by atoms with van der Waals surface area (Å²) >= 11 is 5.48. The molecule has 1 unspecified atom stereocenters. The number of carbonyl (C=O) groups excluding carboxylic acids is 1. The zero-order valence-corrected chi connectivity index (χ0v) is 9.82. The molecule has 0 heterocycles. The van der Waals surface area contributed by atoms with Crippen LogP contribution in [-0.4, -0.2) is 17.8 Å². The third-order valence-electron chi connectivity index (χ3n) is 2.17. The maximum absolute atomic E-state index is 12.9. The molecule has 0 radical (unpaired) electrons. The molecule has 1 atom stereocenters. The zero-order chi connectivity index (χ0) is 13.0. The quantitative estimate of drug-likeness (QED) is 0.658. The van der Waals surface area contributed by atoms with Gasteiger partial charge in [-0.25, -0.2) is 13.2 Å². The lowest BCUT2D eigenvalue weighted by atomic mass is 10.1. The Hall–Kier alpha value is -1.23. The van der Waals surface area contributed by atoms with Crippen molar-refractivity contribution in [1.29, 1.82) is 0 Å². The van der Waals surface area contributed by atoms with Crippen molar-refractivity contribution in [3.8, 4) is 0 Å². The number of carbonyl (C=O) groups is 1. The Morgan fingerprint density at radius 1 is 1.35 bits per heavy atom. The van der Waals surface area contributed by atoms with Crippen LogP contribution in [0.25, 0.3) is 0 Å². The lowest BCUT2D eigenvalue weighted by Gasteiger charge is -2.12. The molecule has 17 heavy (non-hydrogen) atoms. The average Bonchev–Trinajstić information content (AvgIpc) is 2.25. The smallest absolute Gasteiger partial charge is 0.251 e. The van der Waals surface area contributed by atoms with Crippen LogP contribution in [0, 0.1) is 17.5 Å². The monoisotopic (exact) mass is 265 g/mol. The predicted molar refractivity (Wildman–Crippen MR) is 58.6 cm³/mol. The van der Waals surface area contributed by atoms with Crippen LogP contribution in [0.1, 0.15) is 23.7 Å². The van der Waals surface area contributed by atoms with Gasteiger partial charge in [-0.2, -0.15) is 0 Å². The SMILES string of the molecule is CC(CCCl)NC(=O)c1cc(F)c(F)c(F)c1. The van der Waals surface area contributed by atoms with Gasteiger partial charge < -0.3 is 5.32 Å². The minimum absolute atomic E-state index is 0.226. The molecule has 1 rings (SSSR count). The molecular formula is C11H11ClF3NO. The normalized spacial score (nSPS) is 12.3. The van der Waals surface area contributed by atoms with Gasteiger partial charge in [0.2, 0.25) is 0 Å². The standard InChI is InChI=1S/C11H11ClF3NO/c1-6(2-3-12)16-11(17)7-4-8(13)10(15)9(14)5-7/h4-6H,2-3H2,1H3,(H,16,17). The van der Waals surface area contributed by atoms with Crippen molar-refractivity contribution in [2.75, 3.05) is 5.88 Å². The fourth-order valence-electron chi connectivity index (χ4n) is 1.23. The summed E-state index contributed by atoms with van der Waals surface area (Å²) in [6, 6.07) is 1.08. The Morgan fingerprint density at radius 3 is 2.35 bits per heavy atom. The molecule has 94 valence electrons. The molecule has 2 nitrogen and oxygen atoms in total. The molecule has 0 aliphatic heterocycles. The molecule has 1 N–H and O–H groups in total. The van der Waals surface area contributed by atoms with E-state index in [2.05, 4.69) is 5.32 Å². The highest BCUT2D eigenvalue weighted by molar-refractivity contribution is 6.17. The summed E-state index contributed by atoms with van der Waals surface area (Å²) < 4.78 is 38.4. The molecule has 0 fully saturated rings. The Balaban J connectivity index is 2.83. The maximum atomic E-state index is 12.9. The van der Waals surface area contributed by atoms with E-state index in [-0.39, 0.29) is 11.6 Å². The highest BCUT2D eigenvalue weighted by atomic mass is 35.5. The summed E-state index contributed by atoms with van der Waals surface area (Å²) in [4.78, 5) is 11.5. The summed E-state index contributed by atoms with van der Waals surface area (Å²) in [5.74, 6) is -4.68. The first kappa shape index (κ1) is 13.8. The first-order valence-corrected chi connectivity index (χ1v) is 5.50. The molecule has 1 aromatic carbocycles. The highest BCUT2D eigenvalue weighted by Gasteiger charge is 2.16. The van der Waals surface area contributed by atoms with Gasteiger partial charge in [0.1, 0.15) is 0 Å². The van der Waals surface area contributed by atoms with Gasteiger partial charge in [0, 0.05) is 17.5 Å². The van der Waals surface area contributed by atoms with E-state index in [4.69, 9.17) is 11.6 Å². The molecule has 1 aromatic rings. The van der Waals surface area contributed by atoms with Gasteiger partial charge in [-0.3, -0.25) is 4.79 Å². The van der Waals surface area contributed by atoms with Crippen LogP contribution in [0.4, 0.5) is 13.2 Å². The molecule has 0 aromatic heterocycles. The van der Waals surface area contributed by atoms with Gasteiger partial charge in [0.15, 0.2) is 17.5 Å². The van der Waals surface area contributed by atoms with Gasteiger partial charge in [0.25, 0.3) is 5.91 Å². The Bertz CT molecular complexity index is 402. The third-order valence-corrected chi connectivity index (χ3v) is 2.38. The summed E-state index contributed by atoms with van der Waals surface area (Å²) in [6.45, 7) is 1.70. The second-order valence-electron chi connectivity index (χ2n) is 3.61. The Morgan fingerprint density at radius 2 is 1.88 bits per heavy atom. The summed E-state index contributed by atoms with van der Waals surface area (Å²) in [6.07, 6.45) is 0.527. The fraction of sp³-hybridized carbons (Fsp3) is 0.364. The molecule has 0 aliphatic rings. The van der Waals surface area contributed by atoms with Gasteiger partial charge in [0.05, 0.1) is 0 Å². The van der Waals surface area contributed by atoms with Crippen molar-refractivity contribution in [3.05, 3.63) is 35.1 Å². The minimum Gasteiger partial charge on any atom is -0.350 e. The number of amides is 1. The molecule has 0 saturated heterocycles. The fourth-order valence-corrected chi connectivity index (χ4v) is 1.56. The van der Waals surface area contributed by atoms with E-state index in [0.717, 1.165) is 0 Å². The first-order chi connectivity index (χ1) is 7.95. The van der Waals surface area contributed by atoms with Crippen LogP contribution in [0.2, 0.25) is 0 Å². The number of nitrogens with one attached hydrogen (secondary N) is 1. The number of alkyl halides is 1. The van der Waals surface area contributed by atoms with Gasteiger partial charge in [-0.1, -0.05) is 0 Å². The second-order valence-corrected chi connectivity index (χ2v) is 3.98. The largest absolute Gasteiger partial charge is 0.350 e. The van der Waals surface area contributed by atoms with Crippen molar-refractivity contribution in [2.24, 2.45) is 0 Å². The third kappa shape index (κ3) is 3.63. The Kier molecular flexibility index (Phi) is 4.81. The van der Waals surface area contributed by atoms with Crippen LogP contribution in [0.15, 0.2) is 12.1 Å². The second kappa shape index (κ2) is 5.91. The summed E-state index contributed by atoms with van der Waals surface area (Å²) in [7, 11) is 0. The van der Waals surface area contributed by atoms with Gasteiger partial charge >= 0.3 is 0 Å². The molecule has 6 heteroatoms. The van der Waals surface area contributed by atoms with E-state index < -0.39 is 23.4 Å². The molecule has 0 aliphatic carbocycles. The van der Waals surface area contributed by atoms with Gasteiger partial charge in [-0.05, 0) is 25.5 Å². The van der Waals surface area contributed by atoms with Gasteiger partial charge in [-0.15, -0.1) is 11.6 Å². The van der Waals surface area contributed by atoms with Crippen LogP contribution >= 0.6 is 11.6 Å². The number of halogens is 4. The Labute approximate surface area is 102 Å². The van der Waals surface area contributed by atoms with Crippen molar-refractivity contribution in [1.82, 2.24) is 5.32 Å². The molecule has 0 bridgehead atoms. The van der Waals surface area contributed by atoms with Crippen molar-refractivity contribution in [3.63, 3.8) is 0 Å². The van der Waals surface area contributed by atoms with E-state index in [1.807, 2.05) is 0 Å². The van der Waals surface area contributed by atoms with Crippen molar-refractivity contribution in [2.45, 2.75) is 19.4 Å². The predicted octanol–water partition coefficient (Wildman–Crippen LogP) is 2.85. The first-order valence-electron chi connectivity index (χ1n) is 4.97. The average molecular weight is 266 g/mol. The van der Waals surface area contributed by atoms with Crippen LogP contribution < -0.4 is 5.32 Å². The number of hydrogen-bond acceptors (Lipinski definition) is 1. The molecule has 0 spiro atoms. The molecule has 1 amide bonds. The van der Waals surface area contributed by atoms with Crippen LogP contribution in [-0.2, 0) is 0 Å². The van der Waals surface area contributed by atoms with E-state index in [1.165, 1.54) is 0 Å². The van der Waals surface area contributed by atoms with E-state index in [1.54, 1.807) is 6.92 Å². The van der Waals surface area contributed by atoms with Crippen molar-refractivity contribution < 1.29 is 18.0 Å². The topological polar surface area (TPSA) is 29.1 Å². The molecular weight excluding hydrogens is 255 g/mol. The maximum Gasteiger partial charge on any atom is 0.251 e. The van der Waals surface area contributed by atoms with E-state index in [0.29, 0.717) is 24.4 Å². The summed E-state index contributed by atoms with van der Waals surface area (Å²) in [5.41, 5.74) is -0.261.